The summed E-state index contributed by atoms with van der Waals surface area (Å²) in [6, 6.07) is 11.4. The highest BCUT2D eigenvalue weighted by Gasteiger charge is 2.14. The van der Waals surface area contributed by atoms with Gasteiger partial charge in [-0.1, -0.05) is 17.7 Å². The number of alkyl halides is 1. The molecule has 0 saturated carbocycles. The first-order chi connectivity index (χ1) is 10.1. The van der Waals surface area contributed by atoms with Gasteiger partial charge in [-0.05, 0) is 41.1 Å². The van der Waals surface area contributed by atoms with Crippen LogP contribution in [0.5, 0.6) is 0 Å². The minimum Gasteiger partial charge on any atom is -0.296 e. The van der Waals surface area contributed by atoms with Crippen molar-refractivity contribution >= 4 is 38.6 Å². The van der Waals surface area contributed by atoms with Crippen molar-refractivity contribution in [1.82, 2.24) is 9.55 Å². The molecule has 0 N–H and O–H groups in total. The van der Waals surface area contributed by atoms with Crippen LogP contribution in [-0.2, 0) is 6.42 Å². The molecule has 0 atom stereocenters. The van der Waals surface area contributed by atoms with Gasteiger partial charge in [0.2, 0.25) is 0 Å². The van der Waals surface area contributed by atoms with Crippen LogP contribution < -0.4 is 0 Å². The highest BCUT2D eigenvalue weighted by molar-refractivity contribution is 9.10. The van der Waals surface area contributed by atoms with Crippen molar-refractivity contribution in [1.29, 1.82) is 0 Å². The molecule has 3 aromatic rings. The average Bonchev–Trinajstić information content (AvgIpc) is 2.78. The molecule has 5 heteroatoms. The third-order valence-electron chi connectivity index (χ3n) is 3.38. The molecule has 0 aliphatic carbocycles. The van der Waals surface area contributed by atoms with Gasteiger partial charge in [-0.3, -0.25) is 4.57 Å². The Labute approximate surface area is 135 Å². The van der Waals surface area contributed by atoms with E-state index in [1.54, 1.807) is 6.07 Å². The van der Waals surface area contributed by atoms with E-state index in [0.29, 0.717) is 22.3 Å². The second-order valence-corrected chi connectivity index (χ2v) is 6.13. The summed E-state index contributed by atoms with van der Waals surface area (Å²) < 4.78 is 16.2. The molecule has 0 aliphatic heterocycles. The van der Waals surface area contributed by atoms with Crippen LogP contribution >= 0.6 is 27.5 Å². The van der Waals surface area contributed by atoms with Crippen LogP contribution in [0.2, 0.25) is 0 Å². The standard InChI is InChI=1S/C16H13BrClFN2/c1-10-2-4-11(5-3-10)21-15-8-12(17)13(19)9-14(15)20-16(21)6-7-18/h2-5,8-9H,6-7H2,1H3. The summed E-state index contributed by atoms with van der Waals surface area (Å²) >= 11 is 9.11. The quantitative estimate of drug-likeness (QED) is 0.595. The van der Waals surface area contributed by atoms with Gasteiger partial charge >= 0.3 is 0 Å². The molecule has 2 nitrogen and oxygen atoms in total. The number of benzene rings is 2. The number of hydrogen-bond acceptors (Lipinski definition) is 1. The summed E-state index contributed by atoms with van der Waals surface area (Å²) in [4.78, 5) is 4.52. The van der Waals surface area contributed by atoms with Crippen molar-refractivity contribution in [2.45, 2.75) is 13.3 Å². The lowest BCUT2D eigenvalue weighted by Gasteiger charge is -2.09. The molecule has 0 bridgehead atoms. The van der Waals surface area contributed by atoms with Crippen LogP contribution in [0.25, 0.3) is 16.7 Å². The molecule has 1 aromatic heterocycles. The first-order valence-electron chi connectivity index (χ1n) is 6.59. The van der Waals surface area contributed by atoms with Crippen molar-refractivity contribution in [2.24, 2.45) is 0 Å². The van der Waals surface area contributed by atoms with E-state index < -0.39 is 0 Å². The van der Waals surface area contributed by atoms with Crippen LogP contribution in [-0.4, -0.2) is 15.4 Å². The molecular formula is C16H13BrClFN2. The fourth-order valence-corrected chi connectivity index (χ4v) is 2.86. The number of imidazole rings is 1. The van der Waals surface area contributed by atoms with Crippen molar-refractivity contribution in [3.63, 3.8) is 0 Å². The van der Waals surface area contributed by atoms with Crippen LogP contribution in [0.4, 0.5) is 4.39 Å². The molecule has 0 saturated heterocycles. The lowest BCUT2D eigenvalue weighted by molar-refractivity contribution is 0.623. The molecule has 0 spiro atoms. The van der Waals surface area contributed by atoms with Gasteiger partial charge in [0, 0.05) is 24.1 Å². The largest absolute Gasteiger partial charge is 0.296 e. The molecule has 0 fully saturated rings. The maximum absolute atomic E-state index is 13.7. The summed E-state index contributed by atoms with van der Waals surface area (Å²) in [6.45, 7) is 2.04. The Morgan fingerprint density at radius 2 is 1.95 bits per heavy atom. The van der Waals surface area contributed by atoms with E-state index in [9.17, 15) is 4.39 Å². The Balaban J connectivity index is 2.29. The third-order valence-corrected chi connectivity index (χ3v) is 4.17. The van der Waals surface area contributed by atoms with Gasteiger partial charge in [0.25, 0.3) is 0 Å². The van der Waals surface area contributed by atoms with E-state index in [1.807, 2.05) is 35.8 Å². The smallest absolute Gasteiger partial charge is 0.139 e. The van der Waals surface area contributed by atoms with Gasteiger partial charge < -0.3 is 0 Å². The zero-order valence-electron chi connectivity index (χ0n) is 11.4. The lowest BCUT2D eigenvalue weighted by atomic mass is 10.2. The van der Waals surface area contributed by atoms with Crippen LogP contribution in [0.1, 0.15) is 11.4 Å². The maximum atomic E-state index is 13.7. The number of fused-ring (bicyclic) bond motifs is 1. The number of rotatable bonds is 3. The number of nitrogens with zero attached hydrogens (tertiary/aromatic N) is 2. The highest BCUT2D eigenvalue weighted by atomic mass is 79.9. The summed E-state index contributed by atoms with van der Waals surface area (Å²) in [6.07, 6.45) is 0.628. The second-order valence-electron chi connectivity index (χ2n) is 4.89. The van der Waals surface area contributed by atoms with E-state index >= 15 is 0 Å². The topological polar surface area (TPSA) is 17.8 Å². The molecule has 3 rings (SSSR count). The van der Waals surface area contributed by atoms with E-state index in [0.717, 1.165) is 17.0 Å². The van der Waals surface area contributed by atoms with Gasteiger partial charge in [-0.2, -0.15) is 0 Å². The van der Waals surface area contributed by atoms with Crippen LogP contribution in [0.15, 0.2) is 40.9 Å². The molecule has 0 unspecified atom stereocenters. The molecule has 1 heterocycles. The fourth-order valence-electron chi connectivity index (χ4n) is 2.36. The molecule has 0 amide bonds. The highest BCUT2D eigenvalue weighted by Crippen LogP contribution is 2.27. The molecule has 108 valence electrons. The first kappa shape index (κ1) is 14.5. The number of halogens is 3. The molecule has 0 radical (unpaired) electrons. The Morgan fingerprint density at radius 1 is 1.24 bits per heavy atom. The van der Waals surface area contributed by atoms with Gasteiger partial charge in [0.05, 0.1) is 15.5 Å². The summed E-state index contributed by atoms with van der Waals surface area (Å²) in [5, 5.41) is 0. The number of hydrogen-bond donors (Lipinski definition) is 0. The van der Waals surface area contributed by atoms with E-state index in [2.05, 4.69) is 20.9 Å². The normalized spacial score (nSPS) is 11.2. The minimum atomic E-state index is -0.312. The van der Waals surface area contributed by atoms with Crippen LogP contribution in [0, 0.1) is 12.7 Å². The Morgan fingerprint density at radius 3 is 2.62 bits per heavy atom. The third kappa shape index (κ3) is 2.70. The SMILES string of the molecule is Cc1ccc(-n2c(CCCl)nc3cc(F)c(Br)cc32)cc1. The summed E-state index contributed by atoms with van der Waals surface area (Å²) in [7, 11) is 0. The average molecular weight is 368 g/mol. The number of aryl methyl sites for hydroxylation is 2. The minimum absolute atomic E-state index is 0.312. The molecule has 0 aliphatic rings. The fraction of sp³-hybridized carbons (Fsp3) is 0.188. The van der Waals surface area contributed by atoms with E-state index in [-0.39, 0.29) is 5.82 Å². The van der Waals surface area contributed by atoms with Crippen molar-refractivity contribution in [3.05, 3.63) is 58.1 Å². The van der Waals surface area contributed by atoms with Crippen LogP contribution in [0.3, 0.4) is 0 Å². The lowest BCUT2D eigenvalue weighted by Crippen LogP contribution is -2.02. The zero-order valence-corrected chi connectivity index (χ0v) is 13.7. The maximum Gasteiger partial charge on any atom is 0.139 e. The predicted molar refractivity (Wildman–Crippen MR) is 87.9 cm³/mol. The van der Waals surface area contributed by atoms with Gasteiger partial charge in [-0.25, -0.2) is 9.37 Å². The first-order valence-corrected chi connectivity index (χ1v) is 7.92. The summed E-state index contributed by atoms with van der Waals surface area (Å²) in [5.41, 5.74) is 3.69. The number of aromatic nitrogens is 2. The Kier molecular flexibility index (Phi) is 4.00. The monoisotopic (exact) mass is 366 g/mol. The van der Waals surface area contributed by atoms with E-state index in [1.165, 1.54) is 11.6 Å². The molecular weight excluding hydrogens is 355 g/mol. The zero-order chi connectivity index (χ0) is 15.0. The Bertz CT molecular complexity index is 796. The summed E-state index contributed by atoms with van der Waals surface area (Å²) in [5.74, 6) is 0.994. The van der Waals surface area contributed by atoms with Gasteiger partial charge in [-0.15, -0.1) is 11.6 Å². The van der Waals surface area contributed by atoms with Crippen molar-refractivity contribution < 1.29 is 4.39 Å². The van der Waals surface area contributed by atoms with E-state index in [4.69, 9.17) is 11.6 Å². The molecule has 2 aromatic carbocycles. The molecule has 21 heavy (non-hydrogen) atoms. The van der Waals surface area contributed by atoms with Gasteiger partial charge in [0.15, 0.2) is 0 Å². The van der Waals surface area contributed by atoms with Crippen molar-refractivity contribution in [3.8, 4) is 5.69 Å². The predicted octanol–water partition coefficient (Wildman–Crippen LogP) is 5.02. The van der Waals surface area contributed by atoms with Gasteiger partial charge in [0.1, 0.15) is 11.6 Å². The Hall–Kier alpha value is -1.39. The van der Waals surface area contributed by atoms with Crippen molar-refractivity contribution in [2.75, 3.05) is 5.88 Å². The second kappa shape index (κ2) is 5.78.